The first kappa shape index (κ1) is 21.2. The van der Waals surface area contributed by atoms with Gasteiger partial charge < -0.3 is 10.6 Å². The minimum atomic E-state index is 0. The lowest BCUT2D eigenvalue weighted by Crippen LogP contribution is -2.38. The molecule has 4 nitrogen and oxygen atoms in total. The molecule has 0 saturated heterocycles. The molecule has 1 aliphatic carbocycles. The van der Waals surface area contributed by atoms with Crippen LogP contribution in [-0.4, -0.2) is 24.0 Å². The van der Waals surface area contributed by atoms with Crippen LogP contribution in [0.4, 0.5) is 0 Å². The van der Waals surface area contributed by atoms with Crippen LogP contribution < -0.4 is 10.6 Å². The molecule has 142 valence electrons. The Hall–Kier alpha value is -1.15. The number of benzene rings is 1. The number of aryl methyl sites for hydroxylation is 4. The van der Waals surface area contributed by atoms with Gasteiger partial charge in [0.2, 0.25) is 0 Å². The predicted molar refractivity (Wildman–Crippen MR) is 122 cm³/mol. The van der Waals surface area contributed by atoms with Gasteiger partial charge in [-0.1, -0.05) is 18.2 Å². The lowest BCUT2D eigenvalue weighted by Gasteiger charge is -2.11. The molecule has 0 fully saturated rings. The van der Waals surface area contributed by atoms with E-state index in [0.29, 0.717) is 0 Å². The van der Waals surface area contributed by atoms with E-state index in [-0.39, 0.29) is 24.0 Å². The summed E-state index contributed by atoms with van der Waals surface area (Å²) in [5.41, 5.74) is 5.48. The van der Waals surface area contributed by atoms with Crippen LogP contribution >= 0.6 is 35.3 Å². The van der Waals surface area contributed by atoms with E-state index in [1.165, 1.54) is 45.8 Å². The number of halogens is 1. The molecule has 2 aromatic rings. The van der Waals surface area contributed by atoms with Crippen LogP contribution in [0.25, 0.3) is 0 Å². The van der Waals surface area contributed by atoms with E-state index < -0.39 is 0 Å². The Bertz CT molecular complexity index is 735. The molecule has 0 aliphatic heterocycles. The molecule has 0 atom stereocenters. The molecule has 0 amide bonds. The minimum absolute atomic E-state index is 0. The maximum Gasteiger partial charge on any atom is 0.191 e. The molecule has 1 aliphatic rings. The Morgan fingerprint density at radius 3 is 2.73 bits per heavy atom. The van der Waals surface area contributed by atoms with Crippen molar-refractivity contribution in [2.45, 2.75) is 53.0 Å². The first-order valence-corrected chi connectivity index (χ1v) is 10.0. The van der Waals surface area contributed by atoms with Crippen LogP contribution in [0, 0.1) is 13.8 Å². The quantitative estimate of drug-likeness (QED) is 0.368. The van der Waals surface area contributed by atoms with Gasteiger partial charge in [0.15, 0.2) is 5.96 Å². The fourth-order valence-electron chi connectivity index (χ4n) is 3.17. The first-order chi connectivity index (χ1) is 12.2. The lowest BCUT2D eigenvalue weighted by molar-refractivity contribution is 0.795. The SMILES string of the molecule is CCNC(=NCc1ccc2c(c1)CCC2)NCCc1nc(C)c(C)s1.I. The van der Waals surface area contributed by atoms with E-state index in [1.807, 2.05) is 0 Å². The van der Waals surface area contributed by atoms with E-state index >= 15 is 0 Å². The number of nitrogens with zero attached hydrogens (tertiary/aromatic N) is 2. The number of aromatic nitrogens is 1. The third-order valence-electron chi connectivity index (χ3n) is 4.63. The summed E-state index contributed by atoms with van der Waals surface area (Å²) in [6.07, 6.45) is 4.68. The number of hydrogen-bond donors (Lipinski definition) is 2. The number of thiazole rings is 1. The fraction of sp³-hybridized carbons (Fsp3) is 0.500. The van der Waals surface area contributed by atoms with Crippen LogP contribution in [0.5, 0.6) is 0 Å². The highest BCUT2D eigenvalue weighted by Gasteiger charge is 2.10. The minimum Gasteiger partial charge on any atom is -0.357 e. The molecule has 3 rings (SSSR count). The largest absolute Gasteiger partial charge is 0.357 e. The van der Waals surface area contributed by atoms with E-state index in [1.54, 1.807) is 11.3 Å². The van der Waals surface area contributed by atoms with Crippen molar-refractivity contribution >= 4 is 41.3 Å². The van der Waals surface area contributed by atoms with E-state index in [9.17, 15) is 0 Å². The Morgan fingerprint density at radius 1 is 1.19 bits per heavy atom. The number of rotatable bonds is 6. The molecule has 0 radical (unpaired) electrons. The van der Waals surface area contributed by atoms with Gasteiger partial charge in [0, 0.05) is 24.4 Å². The van der Waals surface area contributed by atoms with Crippen molar-refractivity contribution in [2.24, 2.45) is 4.99 Å². The third-order valence-corrected chi connectivity index (χ3v) is 5.76. The molecular weight excluding hydrogens is 455 g/mol. The van der Waals surface area contributed by atoms with E-state index in [2.05, 4.69) is 54.6 Å². The average Bonchev–Trinajstić information content (AvgIpc) is 3.18. The summed E-state index contributed by atoms with van der Waals surface area (Å²) in [6.45, 7) is 8.74. The van der Waals surface area contributed by atoms with Crippen molar-refractivity contribution < 1.29 is 0 Å². The maximum atomic E-state index is 4.74. The zero-order chi connectivity index (χ0) is 17.6. The van der Waals surface area contributed by atoms with Crippen LogP contribution in [-0.2, 0) is 25.8 Å². The van der Waals surface area contributed by atoms with Crippen molar-refractivity contribution in [1.29, 1.82) is 0 Å². The van der Waals surface area contributed by atoms with Gasteiger partial charge in [0.1, 0.15) is 0 Å². The predicted octanol–water partition coefficient (Wildman–Crippen LogP) is 4.16. The summed E-state index contributed by atoms with van der Waals surface area (Å²) in [6, 6.07) is 6.83. The van der Waals surface area contributed by atoms with Gasteiger partial charge in [-0.05, 0) is 56.7 Å². The van der Waals surface area contributed by atoms with E-state index in [4.69, 9.17) is 4.99 Å². The Labute approximate surface area is 177 Å². The number of aliphatic imine (C=N–C) groups is 1. The molecule has 0 saturated carbocycles. The topological polar surface area (TPSA) is 49.3 Å². The first-order valence-electron chi connectivity index (χ1n) is 9.21. The van der Waals surface area contributed by atoms with Crippen molar-refractivity contribution in [1.82, 2.24) is 15.6 Å². The summed E-state index contributed by atoms with van der Waals surface area (Å²) in [7, 11) is 0. The number of fused-ring (bicyclic) bond motifs is 1. The van der Waals surface area contributed by atoms with Crippen LogP contribution in [0.3, 0.4) is 0 Å². The molecule has 1 heterocycles. The van der Waals surface area contributed by atoms with Gasteiger partial charge in [-0.15, -0.1) is 35.3 Å². The highest BCUT2D eigenvalue weighted by atomic mass is 127. The summed E-state index contributed by atoms with van der Waals surface area (Å²) in [5.74, 6) is 0.882. The normalized spacial score (nSPS) is 13.3. The van der Waals surface area contributed by atoms with Gasteiger partial charge in [0.25, 0.3) is 0 Å². The molecule has 6 heteroatoms. The van der Waals surface area contributed by atoms with Crippen LogP contribution in [0.1, 0.15) is 45.6 Å². The standard InChI is InChI=1S/C20H28N4S.HI/c1-4-21-20(22-11-10-19-24-14(2)15(3)25-19)23-13-16-8-9-17-6-5-7-18(17)12-16;/h8-9,12H,4-7,10-11,13H2,1-3H3,(H2,21,22,23);1H. The second-order valence-corrected chi connectivity index (χ2v) is 7.87. The van der Waals surface area contributed by atoms with Crippen LogP contribution in [0.2, 0.25) is 0 Å². The third kappa shape index (κ3) is 5.67. The molecular formula is C20H29IN4S. The number of guanidine groups is 1. The molecule has 1 aromatic heterocycles. The molecule has 2 N–H and O–H groups in total. The van der Waals surface area contributed by atoms with Crippen molar-refractivity contribution in [2.75, 3.05) is 13.1 Å². The lowest BCUT2D eigenvalue weighted by atomic mass is 10.1. The Kier molecular flexibility index (Phi) is 8.34. The second kappa shape index (κ2) is 10.3. The Balaban J connectivity index is 0.00000243. The smallest absolute Gasteiger partial charge is 0.191 e. The molecule has 0 bridgehead atoms. The highest BCUT2D eigenvalue weighted by Crippen LogP contribution is 2.23. The van der Waals surface area contributed by atoms with Crippen molar-refractivity contribution in [3.63, 3.8) is 0 Å². The number of hydrogen-bond acceptors (Lipinski definition) is 3. The van der Waals surface area contributed by atoms with Gasteiger partial charge in [-0.25, -0.2) is 9.98 Å². The number of nitrogens with one attached hydrogen (secondary N) is 2. The average molecular weight is 484 g/mol. The van der Waals surface area contributed by atoms with Gasteiger partial charge in [0.05, 0.1) is 17.2 Å². The second-order valence-electron chi connectivity index (χ2n) is 6.58. The monoisotopic (exact) mass is 484 g/mol. The van der Waals surface area contributed by atoms with Gasteiger partial charge >= 0.3 is 0 Å². The maximum absolute atomic E-state index is 4.74. The van der Waals surface area contributed by atoms with Crippen molar-refractivity contribution in [3.05, 3.63) is 50.5 Å². The van der Waals surface area contributed by atoms with Crippen molar-refractivity contribution in [3.8, 4) is 0 Å². The van der Waals surface area contributed by atoms with Crippen LogP contribution in [0.15, 0.2) is 23.2 Å². The molecule has 1 aromatic carbocycles. The summed E-state index contributed by atoms with van der Waals surface area (Å²) < 4.78 is 0. The van der Waals surface area contributed by atoms with E-state index in [0.717, 1.165) is 37.7 Å². The summed E-state index contributed by atoms with van der Waals surface area (Å²) in [4.78, 5) is 10.7. The highest BCUT2D eigenvalue weighted by molar-refractivity contribution is 14.0. The molecule has 0 spiro atoms. The zero-order valence-corrected chi connectivity index (χ0v) is 19.0. The van der Waals surface area contributed by atoms with Gasteiger partial charge in [-0.2, -0.15) is 0 Å². The fourth-order valence-corrected chi connectivity index (χ4v) is 4.10. The molecule has 0 unspecified atom stereocenters. The zero-order valence-electron chi connectivity index (χ0n) is 15.9. The van der Waals surface area contributed by atoms with Gasteiger partial charge in [-0.3, -0.25) is 0 Å². The summed E-state index contributed by atoms with van der Waals surface area (Å²) in [5, 5.41) is 7.95. The summed E-state index contributed by atoms with van der Waals surface area (Å²) >= 11 is 1.79. The Morgan fingerprint density at radius 2 is 2.00 bits per heavy atom. The molecule has 26 heavy (non-hydrogen) atoms.